The first-order valence-corrected chi connectivity index (χ1v) is 8.38. The second-order valence-corrected chi connectivity index (χ2v) is 6.51. The van der Waals surface area contributed by atoms with Gasteiger partial charge in [-0.2, -0.15) is 0 Å². The van der Waals surface area contributed by atoms with E-state index in [1.54, 1.807) is 12.0 Å². The minimum absolute atomic E-state index is 0.141. The topological polar surface area (TPSA) is 85.2 Å². The number of aromatic nitrogens is 2. The van der Waals surface area contributed by atoms with Gasteiger partial charge in [0.2, 0.25) is 0 Å². The van der Waals surface area contributed by atoms with E-state index >= 15 is 0 Å². The smallest absolute Gasteiger partial charge is 0.145 e. The van der Waals surface area contributed by atoms with Crippen LogP contribution in [0.5, 0.6) is 5.75 Å². The first-order valence-electron chi connectivity index (χ1n) is 8.38. The third-order valence-corrected chi connectivity index (χ3v) is 4.68. The van der Waals surface area contributed by atoms with Crippen molar-refractivity contribution in [3.63, 3.8) is 0 Å². The van der Waals surface area contributed by atoms with Gasteiger partial charge in [-0.25, -0.2) is 4.98 Å². The first kappa shape index (κ1) is 16.2. The zero-order valence-corrected chi connectivity index (χ0v) is 14.9. The number of anilines is 1. The average molecular weight is 348 g/mol. The van der Waals surface area contributed by atoms with Gasteiger partial charge in [-0.1, -0.05) is 12.1 Å². The van der Waals surface area contributed by atoms with E-state index in [0.717, 1.165) is 33.6 Å². The zero-order valence-electron chi connectivity index (χ0n) is 14.9. The number of hydrogen-bond acceptors (Lipinski definition) is 4. The Hall–Kier alpha value is -3.28. The number of aliphatic hydroxyl groups excluding tert-OH is 1. The first-order chi connectivity index (χ1) is 12.5. The van der Waals surface area contributed by atoms with E-state index in [-0.39, 0.29) is 18.1 Å². The van der Waals surface area contributed by atoms with E-state index in [4.69, 9.17) is 10.1 Å². The lowest BCUT2D eigenvalue weighted by Gasteiger charge is -2.21. The second-order valence-electron chi connectivity index (χ2n) is 6.51. The van der Waals surface area contributed by atoms with Crippen LogP contribution in [0.2, 0.25) is 0 Å². The van der Waals surface area contributed by atoms with Crippen molar-refractivity contribution in [3.8, 4) is 5.75 Å². The van der Waals surface area contributed by atoms with Crippen LogP contribution in [-0.2, 0) is 0 Å². The van der Waals surface area contributed by atoms with E-state index in [9.17, 15) is 5.11 Å². The maximum atomic E-state index is 10.5. The van der Waals surface area contributed by atoms with Crippen LogP contribution in [0.3, 0.4) is 0 Å². The van der Waals surface area contributed by atoms with Crippen LogP contribution in [0.15, 0.2) is 42.2 Å². The van der Waals surface area contributed by atoms with Gasteiger partial charge >= 0.3 is 0 Å². The van der Waals surface area contributed by atoms with Crippen LogP contribution in [0.4, 0.5) is 5.69 Å². The number of ether oxygens (including phenoxy) is 1. The van der Waals surface area contributed by atoms with Crippen molar-refractivity contribution >= 4 is 28.1 Å². The number of methoxy groups -OCH3 is 1. The number of amidine groups is 1. The maximum absolute atomic E-state index is 10.5. The molecule has 2 heterocycles. The monoisotopic (exact) mass is 348 g/mol. The van der Waals surface area contributed by atoms with Crippen molar-refractivity contribution < 1.29 is 9.84 Å². The molecule has 4 rings (SSSR count). The quantitative estimate of drug-likeness (QED) is 0.669. The second kappa shape index (κ2) is 5.91. The summed E-state index contributed by atoms with van der Waals surface area (Å²) < 4.78 is 5.24. The summed E-state index contributed by atoms with van der Waals surface area (Å²) in [5, 5.41) is 19.2. The largest absolute Gasteiger partial charge is 0.509 e. The number of nitrogens with zero attached hydrogens (tertiary/aromatic N) is 2. The van der Waals surface area contributed by atoms with Crippen LogP contribution in [-0.4, -0.2) is 34.6 Å². The number of rotatable bonds is 3. The number of benzene rings is 2. The summed E-state index contributed by atoms with van der Waals surface area (Å²) in [5.41, 5.74) is 5.10. The minimum atomic E-state index is 0.141. The summed E-state index contributed by atoms with van der Waals surface area (Å²) in [4.78, 5) is 9.54. The molecule has 2 aromatic carbocycles. The number of hydrogen-bond donors (Lipinski definition) is 3. The molecule has 3 N–H and O–H groups in total. The highest BCUT2D eigenvalue weighted by Gasteiger charge is 2.32. The van der Waals surface area contributed by atoms with Crippen LogP contribution < -0.4 is 9.64 Å². The van der Waals surface area contributed by atoms with Crippen LogP contribution >= 0.6 is 0 Å². The third-order valence-electron chi connectivity index (χ3n) is 4.68. The summed E-state index contributed by atoms with van der Waals surface area (Å²) in [5.74, 6) is 1.59. The van der Waals surface area contributed by atoms with Gasteiger partial charge in [0.1, 0.15) is 23.2 Å². The number of nitrogens with one attached hydrogen (secondary N) is 2. The van der Waals surface area contributed by atoms with Crippen molar-refractivity contribution in [3.05, 3.63) is 59.1 Å². The maximum Gasteiger partial charge on any atom is 0.145 e. The van der Waals surface area contributed by atoms with Crippen molar-refractivity contribution in [2.45, 2.75) is 13.8 Å². The van der Waals surface area contributed by atoms with Gasteiger partial charge in [-0.05, 0) is 43.2 Å². The van der Waals surface area contributed by atoms with Crippen LogP contribution in [0.25, 0.3) is 16.6 Å². The van der Waals surface area contributed by atoms with E-state index in [1.807, 2.05) is 50.2 Å². The molecule has 6 nitrogen and oxygen atoms in total. The van der Waals surface area contributed by atoms with Crippen molar-refractivity contribution in [1.29, 1.82) is 5.41 Å². The molecule has 0 fully saturated rings. The Labute approximate surface area is 151 Å². The molecule has 0 unspecified atom stereocenters. The molecular weight excluding hydrogens is 328 g/mol. The lowest BCUT2D eigenvalue weighted by Crippen LogP contribution is -2.27. The molecule has 0 bridgehead atoms. The fraction of sp³-hybridized carbons (Fsp3) is 0.200. The number of aliphatic hydroxyl groups is 1. The van der Waals surface area contributed by atoms with E-state index in [1.165, 1.54) is 0 Å². The van der Waals surface area contributed by atoms with Gasteiger partial charge < -0.3 is 19.7 Å². The number of imidazole rings is 1. The molecule has 0 aliphatic carbocycles. The Kier molecular flexibility index (Phi) is 3.68. The molecule has 0 atom stereocenters. The molecule has 0 saturated carbocycles. The Bertz CT molecular complexity index is 1060. The predicted molar refractivity (Wildman–Crippen MR) is 103 cm³/mol. The number of H-pyrrole nitrogens is 1. The molecule has 26 heavy (non-hydrogen) atoms. The highest BCUT2D eigenvalue weighted by atomic mass is 16.5. The minimum Gasteiger partial charge on any atom is -0.509 e. The van der Waals surface area contributed by atoms with Crippen LogP contribution in [0.1, 0.15) is 17.0 Å². The average Bonchev–Trinajstić information content (AvgIpc) is 3.16. The SMILES string of the molecule is COc1ccc2nc(C3=C(O)CN(c4cc(C)ccc4C)C3=N)[nH]c2c1. The highest BCUT2D eigenvalue weighted by Crippen LogP contribution is 2.33. The van der Waals surface area contributed by atoms with Gasteiger partial charge in [0.25, 0.3) is 0 Å². The summed E-state index contributed by atoms with van der Waals surface area (Å²) in [6.07, 6.45) is 0. The number of aryl methyl sites for hydroxylation is 2. The van der Waals surface area contributed by atoms with E-state index in [0.29, 0.717) is 11.4 Å². The fourth-order valence-corrected chi connectivity index (χ4v) is 3.28. The normalized spacial score (nSPS) is 14.6. The van der Waals surface area contributed by atoms with Crippen molar-refractivity contribution in [2.75, 3.05) is 18.6 Å². The predicted octanol–water partition coefficient (Wildman–Crippen LogP) is 3.95. The van der Waals surface area contributed by atoms with Gasteiger partial charge in [-0.15, -0.1) is 0 Å². The summed E-state index contributed by atoms with van der Waals surface area (Å²) in [7, 11) is 1.61. The molecule has 0 spiro atoms. The summed E-state index contributed by atoms with van der Waals surface area (Å²) in [6.45, 7) is 4.28. The lowest BCUT2D eigenvalue weighted by molar-refractivity contribution is 0.411. The van der Waals surface area contributed by atoms with E-state index < -0.39 is 0 Å². The number of aromatic amines is 1. The van der Waals surface area contributed by atoms with Crippen molar-refractivity contribution in [1.82, 2.24) is 9.97 Å². The summed E-state index contributed by atoms with van der Waals surface area (Å²) in [6, 6.07) is 11.6. The van der Waals surface area contributed by atoms with Crippen LogP contribution in [0, 0.1) is 19.3 Å². The standard InChI is InChI=1S/C20H20N4O2/c1-11-4-5-12(2)16(8-11)24-10-17(25)18(19(24)21)20-22-14-7-6-13(26-3)9-15(14)23-20/h4-9,21,25H,10H2,1-3H3,(H,22,23). The van der Waals surface area contributed by atoms with Gasteiger partial charge in [0.05, 0.1) is 30.3 Å². The molecule has 0 saturated heterocycles. The molecule has 3 aromatic rings. The van der Waals surface area contributed by atoms with Gasteiger partial charge in [-0.3, -0.25) is 5.41 Å². The lowest BCUT2D eigenvalue weighted by atomic mass is 10.1. The Morgan fingerprint density at radius 2 is 2.00 bits per heavy atom. The molecule has 0 amide bonds. The molecule has 1 aliphatic rings. The molecule has 0 radical (unpaired) electrons. The van der Waals surface area contributed by atoms with Gasteiger partial charge in [0, 0.05) is 11.8 Å². The molecule has 6 heteroatoms. The molecule has 132 valence electrons. The third kappa shape index (κ3) is 2.50. The number of fused-ring (bicyclic) bond motifs is 1. The highest BCUT2D eigenvalue weighted by molar-refractivity contribution is 6.30. The molecule has 1 aliphatic heterocycles. The van der Waals surface area contributed by atoms with E-state index in [2.05, 4.69) is 9.97 Å². The summed E-state index contributed by atoms with van der Waals surface area (Å²) >= 11 is 0. The van der Waals surface area contributed by atoms with Crippen molar-refractivity contribution in [2.24, 2.45) is 0 Å². The Morgan fingerprint density at radius 3 is 2.77 bits per heavy atom. The Balaban J connectivity index is 1.74. The molecule has 1 aromatic heterocycles. The Morgan fingerprint density at radius 1 is 1.19 bits per heavy atom. The molecular formula is C20H20N4O2. The fourth-order valence-electron chi connectivity index (χ4n) is 3.28. The van der Waals surface area contributed by atoms with Gasteiger partial charge in [0.15, 0.2) is 0 Å². The zero-order chi connectivity index (χ0) is 18.4.